The van der Waals surface area contributed by atoms with E-state index in [4.69, 9.17) is 0 Å². The molecule has 2 fully saturated rings. The second-order valence-electron chi connectivity index (χ2n) is 8.06. The van der Waals surface area contributed by atoms with Crippen LogP contribution < -0.4 is 10.2 Å². The normalized spacial score (nSPS) is 17.8. The highest BCUT2D eigenvalue weighted by Gasteiger charge is 2.31. The van der Waals surface area contributed by atoms with E-state index in [0.29, 0.717) is 42.7 Å². The monoisotopic (exact) mass is 440 g/mol. The van der Waals surface area contributed by atoms with Gasteiger partial charge in [0.1, 0.15) is 5.82 Å². The number of amides is 1. The lowest BCUT2D eigenvalue weighted by molar-refractivity contribution is -0.117. The third-order valence-electron chi connectivity index (χ3n) is 5.74. The molecule has 1 aliphatic carbocycles. The third-order valence-corrected chi connectivity index (χ3v) is 7.66. The fourth-order valence-electron chi connectivity index (χ4n) is 3.76. The van der Waals surface area contributed by atoms with Crippen molar-refractivity contribution in [3.8, 4) is 0 Å². The van der Waals surface area contributed by atoms with Gasteiger partial charge in [0.05, 0.1) is 4.90 Å². The average molecular weight is 441 g/mol. The molecule has 1 N–H and O–H groups in total. The Labute approximate surface area is 180 Å². The molecule has 162 valence electrons. The lowest BCUT2D eigenvalue weighted by Gasteiger charge is -2.35. The van der Waals surface area contributed by atoms with Crippen LogP contribution in [0.3, 0.4) is 0 Å². The van der Waals surface area contributed by atoms with E-state index < -0.39 is 10.0 Å². The number of nitrogens with zero attached hydrogens (tertiary/aromatic N) is 5. The summed E-state index contributed by atoms with van der Waals surface area (Å²) in [5.74, 6) is 1.16. The third kappa shape index (κ3) is 3.88. The Kier molecular flexibility index (Phi) is 4.90. The van der Waals surface area contributed by atoms with E-state index in [2.05, 4.69) is 20.3 Å². The highest BCUT2D eigenvalue weighted by molar-refractivity contribution is 7.89. The predicted octanol–water partition coefficient (Wildman–Crippen LogP) is 1.90. The summed E-state index contributed by atoms with van der Waals surface area (Å²) in [6.07, 6.45) is 1.83. The van der Waals surface area contributed by atoms with Gasteiger partial charge in [0.15, 0.2) is 5.65 Å². The highest BCUT2D eigenvalue weighted by Crippen LogP contribution is 2.30. The molecule has 10 heteroatoms. The van der Waals surface area contributed by atoms with Crippen molar-refractivity contribution in [2.24, 2.45) is 5.92 Å². The maximum Gasteiger partial charge on any atom is 0.249 e. The van der Waals surface area contributed by atoms with Crippen LogP contribution in [-0.2, 0) is 14.8 Å². The van der Waals surface area contributed by atoms with Gasteiger partial charge in [0.2, 0.25) is 21.9 Å². The molecule has 31 heavy (non-hydrogen) atoms. The van der Waals surface area contributed by atoms with Crippen LogP contribution in [-0.4, -0.2) is 59.4 Å². The van der Waals surface area contributed by atoms with E-state index in [1.54, 1.807) is 16.6 Å². The number of nitrogens with one attached hydrogen (secondary N) is 1. The van der Waals surface area contributed by atoms with Crippen LogP contribution in [0.1, 0.15) is 18.4 Å². The van der Waals surface area contributed by atoms with Gasteiger partial charge in [-0.05, 0) is 44.0 Å². The minimum Gasteiger partial charge on any atom is -0.354 e. The van der Waals surface area contributed by atoms with E-state index in [1.807, 2.05) is 37.3 Å². The summed E-state index contributed by atoms with van der Waals surface area (Å²) in [7, 11) is -3.51. The topological polar surface area (TPSA) is 99.9 Å². The molecule has 0 radical (unpaired) electrons. The Morgan fingerprint density at radius 2 is 1.74 bits per heavy atom. The van der Waals surface area contributed by atoms with Crippen LogP contribution in [0.2, 0.25) is 0 Å². The number of aryl methyl sites for hydroxylation is 1. The molecular weight excluding hydrogens is 416 g/mol. The molecule has 1 amide bonds. The number of piperazine rings is 1. The van der Waals surface area contributed by atoms with Gasteiger partial charge >= 0.3 is 0 Å². The highest BCUT2D eigenvalue weighted by atomic mass is 32.2. The van der Waals surface area contributed by atoms with E-state index >= 15 is 0 Å². The first-order chi connectivity index (χ1) is 14.9. The molecule has 2 aromatic heterocycles. The molecule has 1 aromatic carbocycles. The lowest BCUT2D eigenvalue weighted by atomic mass is 10.2. The number of anilines is 2. The molecule has 0 spiro atoms. The van der Waals surface area contributed by atoms with E-state index in [-0.39, 0.29) is 11.8 Å². The van der Waals surface area contributed by atoms with Crippen LogP contribution in [0, 0.1) is 12.8 Å². The van der Waals surface area contributed by atoms with Crippen molar-refractivity contribution in [2.75, 3.05) is 36.4 Å². The summed E-state index contributed by atoms with van der Waals surface area (Å²) >= 11 is 0. The first kappa shape index (κ1) is 20.0. The number of aromatic nitrogens is 3. The van der Waals surface area contributed by atoms with Gasteiger partial charge in [-0.1, -0.05) is 23.8 Å². The number of fused-ring (bicyclic) bond motifs is 1. The first-order valence-electron chi connectivity index (χ1n) is 10.4. The van der Waals surface area contributed by atoms with Crippen molar-refractivity contribution in [3.63, 3.8) is 0 Å². The Hall–Kier alpha value is -2.98. The largest absolute Gasteiger partial charge is 0.354 e. The molecule has 5 rings (SSSR count). The van der Waals surface area contributed by atoms with Crippen molar-refractivity contribution >= 4 is 33.3 Å². The molecule has 0 atom stereocenters. The van der Waals surface area contributed by atoms with E-state index in [9.17, 15) is 13.2 Å². The van der Waals surface area contributed by atoms with Crippen LogP contribution in [0.15, 0.2) is 47.4 Å². The molecule has 2 aliphatic rings. The smallest absolute Gasteiger partial charge is 0.249 e. The summed E-state index contributed by atoms with van der Waals surface area (Å²) in [5, 5.41) is 7.25. The number of sulfonamides is 1. The van der Waals surface area contributed by atoms with Crippen molar-refractivity contribution in [2.45, 2.75) is 24.7 Å². The van der Waals surface area contributed by atoms with E-state index in [0.717, 1.165) is 24.2 Å². The summed E-state index contributed by atoms with van der Waals surface area (Å²) in [4.78, 5) is 18.8. The van der Waals surface area contributed by atoms with Crippen molar-refractivity contribution in [1.29, 1.82) is 0 Å². The Morgan fingerprint density at radius 3 is 2.42 bits per heavy atom. The Bertz CT molecular complexity index is 1230. The second-order valence-corrected chi connectivity index (χ2v) is 10.00. The molecule has 3 heterocycles. The fraction of sp³-hybridized carbons (Fsp3) is 0.381. The summed E-state index contributed by atoms with van der Waals surface area (Å²) in [5.41, 5.74) is 1.66. The SMILES string of the molecule is Cc1ccc(S(=O)(=O)N2CCN(c3cccc4nc(NC(=O)C5CC5)nn34)CC2)cc1. The van der Waals surface area contributed by atoms with Gasteiger partial charge in [0, 0.05) is 32.1 Å². The summed E-state index contributed by atoms with van der Waals surface area (Å²) < 4.78 is 29.1. The van der Waals surface area contributed by atoms with Crippen LogP contribution in [0.4, 0.5) is 11.8 Å². The molecule has 3 aromatic rings. The van der Waals surface area contributed by atoms with Crippen LogP contribution in [0.25, 0.3) is 5.65 Å². The molecule has 1 aliphatic heterocycles. The summed E-state index contributed by atoms with van der Waals surface area (Å²) in [6.45, 7) is 3.77. The number of hydrogen-bond donors (Lipinski definition) is 1. The van der Waals surface area contributed by atoms with Gasteiger partial charge in [0.25, 0.3) is 0 Å². The average Bonchev–Trinajstić information content (AvgIpc) is 3.54. The molecule has 0 unspecified atom stereocenters. The number of hydrogen-bond acceptors (Lipinski definition) is 6. The minimum atomic E-state index is -3.51. The number of rotatable bonds is 5. The first-order valence-corrected chi connectivity index (χ1v) is 11.8. The molecule has 9 nitrogen and oxygen atoms in total. The Balaban J connectivity index is 1.32. The lowest BCUT2D eigenvalue weighted by Crippen LogP contribution is -2.49. The van der Waals surface area contributed by atoms with Gasteiger partial charge in [-0.2, -0.15) is 13.8 Å². The van der Waals surface area contributed by atoms with Crippen LogP contribution in [0.5, 0.6) is 0 Å². The molecule has 1 saturated heterocycles. The summed E-state index contributed by atoms with van der Waals surface area (Å²) in [6, 6.07) is 12.6. The quantitative estimate of drug-likeness (QED) is 0.651. The maximum absolute atomic E-state index is 13.0. The molecule has 0 bridgehead atoms. The maximum atomic E-state index is 13.0. The fourth-order valence-corrected chi connectivity index (χ4v) is 5.18. The molecular formula is C21H24N6O3S. The standard InChI is InChI=1S/C21H24N6O3S/c1-15-5-9-17(10-6-15)31(29,30)26-13-11-25(12-14-26)19-4-2-3-18-22-21(24-27(18)19)23-20(28)16-7-8-16/h2-6,9-10,16H,7-8,11-14H2,1H3,(H,23,24,28). The second kappa shape index (κ2) is 7.61. The number of carbonyl (C=O) groups excluding carboxylic acids is 1. The van der Waals surface area contributed by atoms with E-state index in [1.165, 1.54) is 4.31 Å². The van der Waals surface area contributed by atoms with Gasteiger partial charge in [-0.15, -0.1) is 5.10 Å². The molecule has 1 saturated carbocycles. The number of benzene rings is 1. The predicted molar refractivity (Wildman–Crippen MR) is 116 cm³/mol. The van der Waals surface area contributed by atoms with Gasteiger partial charge < -0.3 is 4.90 Å². The zero-order valence-electron chi connectivity index (χ0n) is 17.2. The van der Waals surface area contributed by atoms with Gasteiger partial charge in [-0.25, -0.2) is 8.42 Å². The zero-order chi connectivity index (χ0) is 21.6. The zero-order valence-corrected chi connectivity index (χ0v) is 18.0. The van der Waals surface area contributed by atoms with Gasteiger partial charge in [-0.3, -0.25) is 10.1 Å². The van der Waals surface area contributed by atoms with Crippen molar-refractivity contribution in [1.82, 2.24) is 18.9 Å². The van der Waals surface area contributed by atoms with Crippen molar-refractivity contribution < 1.29 is 13.2 Å². The van der Waals surface area contributed by atoms with Crippen LogP contribution >= 0.6 is 0 Å². The number of pyridine rings is 1. The minimum absolute atomic E-state index is 0.0348. The Morgan fingerprint density at radius 1 is 1.03 bits per heavy atom. The van der Waals surface area contributed by atoms with Crippen molar-refractivity contribution in [3.05, 3.63) is 48.0 Å². The number of carbonyl (C=O) groups is 1.